The monoisotopic (exact) mass is 213 g/mol. The highest BCUT2D eigenvalue weighted by Gasteiger charge is 2.00. The standard InChI is InChI=1S/C10H12ClNS/c1-7-5-8(3-2-4-13)9(11)6-10(7)12/h2-3,5-6,13H,4,12H2,1H3. The lowest BCUT2D eigenvalue weighted by atomic mass is 10.1. The van der Waals surface area contributed by atoms with Gasteiger partial charge in [0.25, 0.3) is 0 Å². The molecule has 13 heavy (non-hydrogen) atoms. The Kier molecular flexibility index (Phi) is 3.70. The predicted molar refractivity (Wildman–Crippen MR) is 63.5 cm³/mol. The lowest BCUT2D eigenvalue weighted by Gasteiger charge is -2.03. The fraction of sp³-hybridized carbons (Fsp3) is 0.200. The SMILES string of the molecule is Cc1cc(C=CCS)c(Cl)cc1N. The maximum Gasteiger partial charge on any atom is 0.0498 e. The van der Waals surface area contributed by atoms with Gasteiger partial charge in [0.15, 0.2) is 0 Å². The zero-order valence-corrected chi connectivity index (χ0v) is 9.07. The van der Waals surface area contributed by atoms with E-state index in [0.29, 0.717) is 10.8 Å². The van der Waals surface area contributed by atoms with Crippen LogP contribution in [0.3, 0.4) is 0 Å². The maximum absolute atomic E-state index is 5.98. The minimum atomic E-state index is 0.682. The Hall–Kier alpha value is -0.600. The highest BCUT2D eigenvalue weighted by molar-refractivity contribution is 7.80. The van der Waals surface area contributed by atoms with Crippen molar-refractivity contribution >= 4 is 36.0 Å². The van der Waals surface area contributed by atoms with E-state index in [1.54, 1.807) is 6.07 Å². The molecule has 0 radical (unpaired) electrons. The zero-order chi connectivity index (χ0) is 9.84. The first-order chi connectivity index (χ1) is 6.15. The Bertz CT molecular complexity index is 334. The van der Waals surface area contributed by atoms with E-state index in [-0.39, 0.29) is 0 Å². The van der Waals surface area contributed by atoms with Crippen molar-refractivity contribution in [3.63, 3.8) is 0 Å². The average molecular weight is 214 g/mol. The third-order valence-electron chi connectivity index (χ3n) is 1.79. The number of nitrogens with two attached hydrogens (primary N) is 1. The normalized spacial score (nSPS) is 11.0. The minimum Gasteiger partial charge on any atom is -0.398 e. The van der Waals surface area contributed by atoms with Crippen LogP contribution in [0.5, 0.6) is 0 Å². The lowest BCUT2D eigenvalue weighted by Crippen LogP contribution is -1.90. The smallest absolute Gasteiger partial charge is 0.0498 e. The van der Waals surface area contributed by atoms with E-state index in [4.69, 9.17) is 17.3 Å². The number of anilines is 1. The Balaban J connectivity index is 3.08. The number of rotatable bonds is 2. The third-order valence-corrected chi connectivity index (χ3v) is 2.33. The fourth-order valence-corrected chi connectivity index (χ4v) is 1.37. The van der Waals surface area contributed by atoms with E-state index in [1.807, 2.05) is 25.1 Å². The van der Waals surface area contributed by atoms with Crippen molar-refractivity contribution in [3.8, 4) is 0 Å². The predicted octanol–water partition coefficient (Wildman–Crippen LogP) is 3.17. The van der Waals surface area contributed by atoms with Gasteiger partial charge in [-0.05, 0) is 30.2 Å². The second-order valence-electron chi connectivity index (χ2n) is 2.82. The molecule has 0 spiro atoms. The quantitative estimate of drug-likeness (QED) is 0.573. The van der Waals surface area contributed by atoms with Gasteiger partial charge in [-0.25, -0.2) is 0 Å². The molecule has 0 saturated carbocycles. The fourth-order valence-electron chi connectivity index (χ4n) is 1.03. The van der Waals surface area contributed by atoms with Gasteiger partial charge in [-0.3, -0.25) is 0 Å². The summed E-state index contributed by atoms with van der Waals surface area (Å²) in [5.74, 6) is 0.708. The van der Waals surface area contributed by atoms with E-state index in [0.717, 1.165) is 16.8 Å². The molecule has 0 fully saturated rings. The van der Waals surface area contributed by atoms with Crippen LogP contribution in [0, 0.1) is 6.92 Å². The molecule has 2 N–H and O–H groups in total. The molecule has 0 saturated heterocycles. The van der Waals surface area contributed by atoms with E-state index >= 15 is 0 Å². The van der Waals surface area contributed by atoms with Gasteiger partial charge in [-0.15, -0.1) is 0 Å². The molecule has 1 rings (SSSR count). The number of benzene rings is 1. The van der Waals surface area contributed by atoms with Gasteiger partial charge < -0.3 is 5.73 Å². The number of thiol groups is 1. The van der Waals surface area contributed by atoms with Crippen molar-refractivity contribution in [2.75, 3.05) is 11.5 Å². The van der Waals surface area contributed by atoms with E-state index in [2.05, 4.69) is 12.6 Å². The highest BCUT2D eigenvalue weighted by Crippen LogP contribution is 2.23. The van der Waals surface area contributed by atoms with Crippen LogP contribution in [-0.2, 0) is 0 Å². The lowest BCUT2D eigenvalue weighted by molar-refractivity contribution is 1.46. The summed E-state index contributed by atoms with van der Waals surface area (Å²) in [5, 5.41) is 0.682. The third kappa shape index (κ3) is 2.68. The second-order valence-corrected chi connectivity index (χ2v) is 3.59. The second kappa shape index (κ2) is 4.58. The van der Waals surface area contributed by atoms with Gasteiger partial charge in [0.2, 0.25) is 0 Å². The summed E-state index contributed by atoms with van der Waals surface area (Å²) in [6.07, 6.45) is 3.89. The molecule has 0 heterocycles. The number of halogens is 1. The van der Waals surface area contributed by atoms with Gasteiger partial charge in [-0.2, -0.15) is 12.6 Å². The largest absolute Gasteiger partial charge is 0.398 e. The van der Waals surface area contributed by atoms with Crippen LogP contribution in [0.1, 0.15) is 11.1 Å². The average Bonchev–Trinajstić information content (AvgIpc) is 2.09. The molecule has 0 bridgehead atoms. The van der Waals surface area contributed by atoms with Gasteiger partial charge in [0.1, 0.15) is 0 Å². The Morgan fingerprint density at radius 3 is 2.85 bits per heavy atom. The Labute approximate surface area is 89.0 Å². The summed E-state index contributed by atoms with van der Waals surface area (Å²) in [7, 11) is 0. The van der Waals surface area contributed by atoms with Crippen molar-refractivity contribution in [1.29, 1.82) is 0 Å². The molecule has 70 valence electrons. The molecule has 0 unspecified atom stereocenters. The molecule has 0 aliphatic carbocycles. The molecule has 0 aliphatic heterocycles. The summed E-state index contributed by atoms with van der Waals surface area (Å²) in [4.78, 5) is 0. The first-order valence-electron chi connectivity index (χ1n) is 3.98. The van der Waals surface area contributed by atoms with Gasteiger partial charge in [0, 0.05) is 16.5 Å². The molecular weight excluding hydrogens is 202 g/mol. The molecular formula is C10H12ClNS. The Morgan fingerprint density at radius 1 is 1.54 bits per heavy atom. The van der Waals surface area contributed by atoms with Crippen LogP contribution < -0.4 is 5.73 Å². The van der Waals surface area contributed by atoms with Crippen LogP contribution in [0.2, 0.25) is 5.02 Å². The molecule has 1 nitrogen and oxygen atoms in total. The van der Waals surface area contributed by atoms with E-state index < -0.39 is 0 Å². The highest BCUT2D eigenvalue weighted by atomic mass is 35.5. The van der Waals surface area contributed by atoms with Crippen LogP contribution in [-0.4, -0.2) is 5.75 Å². The number of hydrogen-bond donors (Lipinski definition) is 2. The van der Waals surface area contributed by atoms with Crippen molar-refractivity contribution in [2.24, 2.45) is 0 Å². The summed E-state index contributed by atoms with van der Waals surface area (Å²) < 4.78 is 0. The van der Waals surface area contributed by atoms with Gasteiger partial charge in [0.05, 0.1) is 0 Å². The number of nitrogen functional groups attached to an aromatic ring is 1. The zero-order valence-electron chi connectivity index (χ0n) is 7.42. The van der Waals surface area contributed by atoms with Gasteiger partial charge in [-0.1, -0.05) is 23.8 Å². The van der Waals surface area contributed by atoms with Crippen molar-refractivity contribution in [1.82, 2.24) is 0 Å². The minimum absolute atomic E-state index is 0.682. The van der Waals surface area contributed by atoms with Crippen LogP contribution in [0.15, 0.2) is 18.2 Å². The first-order valence-corrected chi connectivity index (χ1v) is 4.99. The van der Waals surface area contributed by atoms with Crippen LogP contribution >= 0.6 is 24.2 Å². The molecule has 0 atom stereocenters. The van der Waals surface area contributed by atoms with Crippen molar-refractivity contribution in [2.45, 2.75) is 6.92 Å². The van der Waals surface area contributed by atoms with Gasteiger partial charge >= 0.3 is 0 Å². The molecule has 1 aromatic carbocycles. The number of aryl methyl sites for hydroxylation is 1. The topological polar surface area (TPSA) is 26.0 Å². The first kappa shape index (κ1) is 10.5. The summed E-state index contributed by atoms with van der Waals surface area (Å²) in [6, 6.07) is 3.74. The summed E-state index contributed by atoms with van der Waals surface area (Å²) in [6.45, 7) is 1.96. The Morgan fingerprint density at radius 2 is 2.23 bits per heavy atom. The molecule has 1 aromatic rings. The summed E-state index contributed by atoms with van der Waals surface area (Å²) in [5.41, 5.74) is 8.46. The maximum atomic E-state index is 5.98. The molecule has 0 amide bonds. The van der Waals surface area contributed by atoms with Crippen molar-refractivity contribution in [3.05, 3.63) is 34.4 Å². The van der Waals surface area contributed by atoms with Crippen molar-refractivity contribution < 1.29 is 0 Å². The van der Waals surface area contributed by atoms with E-state index in [1.165, 1.54) is 0 Å². The van der Waals surface area contributed by atoms with Crippen LogP contribution in [0.4, 0.5) is 5.69 Å². The summed E-state index contributed by atoms with van der Waals surface area (Å²) >= 11 is 10.1. The van der Waals surface area contributed by atoms with E-state index in [9.17, 15) is 0 Å². The number of hydrogen-bond acceptors (Lipinski definition) is 2. The molecule has 3 heteroatoms. The van der Waals surface area contributed by atoms with Crippen LogP contribution in [0.25, 0.3) is 6.08 Å². The molecule has 0 aromatic heterocycles. The molecule has 0 aliphatic rings.